The molecule has 2 rings (SSSR count). The Morgan fingerprint density at radius 1 is 1.17 bits per heavy atom. The predicted molar refractivity (Wildman–Crippen MR) is 90.9 cm³/mol. The van der Waals surface area contributed by atoms with Crippen LogP contribution < -0.4 is 5.32 Å². The molecule has 1 amide bonds. The van der Waals surface area contributed by atoms with E-state index in [2.05, 4.69) is 22.4 Å². The summed E-state index contributed by atoms with van der Waals surface area (Å²) in [6.07, 6.45) is 6.96. The van der Waals surface area contributed by atoms with Gasteiger partial charge >= 0.3 is 0 Å². The van der Waals surface area contributed by atoms with Gasteiger partial charge in [-0.05, 0) is 40.7 Å². The maximum Gasteiger partial charge on any atom is 0.244 e. The molecule has 0 fully saturated rings. The van der Waals surface area contributed by atoms with Crippen molar-refractivity contribution in [3.63, 3.8) is 0 Å². The molecule has 0 aliphatic carbocycles. The fraction of sp³-hybridized carbons (Fsp3) is 0.471. The zero-order chi connectivity index (χ0) is 17.0. The predicted octanol–water partition coefficient (Wildman–Crippen LogP) is 2.63. The van der Waals surface area contributed by atoms with Crippen LogP contribution in [-0.2, 0) is 17.9 Å². The van der Waals surface area contributed by atoms with Crippen molar-refractivity contribution in [3.8, 4) is 0 Å². The molecule has 1 unspecified atom stereocenters. The molecule has 0 saturated heterocycles. The minimum absolute atomic E-state index is 0.0769. The van der Waals surface area contributed by atoms with Gasteiger partial charge in [0.2, 0.25) is 5.91 Å². The van der Waals surface area contributed by atoms with Crippen LogP contribution in [0.15, 0.2) is 18.5 Å². The van der Waals surface area contributed by atoms with Crippen molar-refractivity contribution in [3.05, 3.63) is 41.0 Å². The molecule has 0 bridgehead atoms. The van der Waals surface area contributed by atoms with Gasteiger partial charge in [0, 0.05) is 41.7 Å². The van der Waals surface area contributed by atoms with Gasteiger partial charge in [-0.1, -0.05) is 0 Å². The topological polar surface area (TPSA) is 64.7 Å². The smallest absolute Gasteiger partial charge is 0.244 e. The van der Waals surface area contributed by atoms with E-state index in [0.717, 1.165) is 35.6 Å². The normalized spacial score (nSPS) is 12.7. The minimum Gasteiger partial charge on any atom is -0.346 e. The van der Waals surface area contributed by atoms with E-state index in [0.29, 0.717) is 0 Å². The summed E-state index contributed by atoms with van der Waals surface area (Å²) in [6, 6.07) is -0.0769. The number of aryl methyl sites for hydroxylation is 2. The van der Waals surface area contributed by atoms with Gasteiger partial charge in [-0.2, -0.15) is 10.2 Å². The van der Waals surface area contributed by atoms with Crippen molar-refractivity contribution in [2.45, 2.75) is 53.8 Å². The van der Waals surface area contributed by atoms with Crippen LogP contribution in [0.1, 0.15) is 49.3 Å². The summed E-state index contributed by atoms with van der Waals surface area (Å²) in [7, 11) is 0. The number of carbonyl (C=O) groups is 1. The average molecular weight is 315 g/mol. The molecule has 1 atom stereocenters. The Hall–Kier alpha value is -2.37. The van der Waals surface area contributed by atoms with Gasteiger partial charge in [-0.15, -0.1) is 0 Å². The number of carbonyl (C=O) groups excluding carboxylic acids is 1. The Labute approximate surface area is 137 Å². The molecular weight excluding hydrogens is 290 g/mol. The van der Waals surface area contributed by atoms with Gasteiger partial charge in [0.15, 0.2) is 0 Å². The first-order valence-corrected chi connectivity index (χ1v) is 8.01. The Kier molecular flexibility index (Phi) is 5.36. The van der Waals surface area contributed by atoms with Crippen LogP contribution in [0.4, 0.5) is 0 Å². The number of amides is 1. The molecule has 0 spiro atoms. The van der Waals surface area contributed by atoms with E-state index in [1.807, 2.05) is 43.3 Å². The van der Waals surface area contributed by atoms with E-state index < -0.39 is 0 Å². The molecule has 0 aliphatic rings. The Morgan fingerprint density at radius 3 is 2.35 bits per heavy atom. The van der Waals surface area contributed by atoms with Gasteiger partial charge < -0.3 is 5.32 Å². The Bertz CT molecular complexity index is 711. The van der Waals surface area contributed by atoms with Crippen LogP contribution in [0.3, 0.4) is 0 Å². The van der Waals surface area contributed by atoms with E-state index in [4.69, 9.17) is 0 Å². The minimum atomic E-state index is -0.121. The summed E-state index contributed by atoms with van der Waals surface area (Å²) < 4.78 is 3.83. The van der Waals surface area contributed by atoms with Crippen LogP contribution in [0.25, 0.3) is 6.08 Å². The zero-order valence-electron chi connectivity index (χ0n) is 14.5. The molecule has 1 N–H and O–H groups in total. The average Bonchev–Trinajstić information content (AvgIpc) is 3.07. The summed E-state index contributed by atoms with van der Waals surface area (Å²) in [6.45, 7) is 11.7. The lowest BCUT2D eigenvalue weighted by molar-refractivity contribution is -0.117. The summed E-state index contributed by atoms with van der Waals surface area (Å²) >= 11 is 0. The largest absolute Gasteiger partial charge is 0.346 e. The van der Waals surface area contributed by atoms with E-state index >= 15 is 0 Å². The number of hydrogen-bond donors (Lipinski definition) is 1. The molecule has 2 aromatic heterocycles. The quantitative estimate of drug-likeness (QED) is 0.833. The molecule has 23 heavy (non-hydrogen) atoms. The van der Waals surface area contributed by atoms with Crippen LogP contribution in [0, 0.1) is 13.8 Å². The number of hydrogen-bond acceptors (Lipinski definition) is 3. The maximum atomic E-state index is 12.1. The maximum absolute atomic E-state index is 12.1. The van der Waals surface area contributed by atoms with Crippen LogP contribution >= 0.6 is 0 Å². The van der Waals surface area contributed by atoms with Gasteiger partial charge in [0.25, 0.3) is 0 Å². The van der Waals surface area contributed by atoms with Crippen molar-refractivity contribution in [2.75, 3.05) is 0 Å². The van der Waals surface area contributed by atoms with E-state index in [1.165, 1.54) is 0 Å². The lowest BCUT2D eigenvalue weighted by Crippen LogP contribution is -2.25. The standard InChI is InChI=1S/C17H25N5O/c1-6-21-13(4)15(10-18-21)8-9-17(23)20-12(3)16-11-19-22(7-2)14(16)5/h8-12H,6-7H2,1-5H3,(H,20,23)/b9-8+. The third kappa shape index (κ3) is 3.70. The molecule has 0 aliphatic heterocycles. The number of rotatable bonds is 6. The summed E-state index contributed by atoms with van der Waals surface area (Å²) in [5.74, 6) is -0.121. The summed E-state index contributed by atoms with van der Waals surface area (Å²) in [5, 5.41) is 11.6. The molecule has 124 valence electrons. The molecule has 0 radical (unpaired) electrons. The zero-order valence-corrected chi connectivity index (χ0v) is 14.5. The van der Waals surface area contributed by atoms with Gasteiger partial charge in [-0.25, -0.2) is 0 Å². The first-order chi connectivity index (χ1) is 11.0. The first kappa shape index (κ1) is 17.0. The van der Waals surface area contributed by atoms with E-state index in [1.54, 1.807) is 18.3 Å². The molecule has 0 saturated carbocycles. The highest BCUT2D eigenvalue weighted by Gasteiger charge is 2.14. The molecule has 2 aromatic rings. The van der Waals surface area contributed by atoms with Crippen molar-refractivity contribution in [2.24, 2.45) is 0 Å². The van der Waals surface area contributed by atoms with Gasteiger partial charge in [0.1, 0.15) is 0 Å². The molecule has 0 aromatic carbocycles. The second kappa shape index (κ2) is 7.26. The second-order valence-corrected chi connectivity index (χ2v) is 5.57. The first-order valence-electron chi connectivity index (χ1n) is 8.01. The fourth-order valence-electron chi connectivity index (χ4n) is 2.65. The van der Waals surface area contributed by atoms with E-state index in [-0.39, 0.29) is 11.9 Å². The third-order valence-corrected chi connectivity index (χ3v) is 4.12. The highest BCUT2D eigenvalue weighted by atomic mass is 16.1. The van der Waals surface area contributed by atoms with Crippen LogP contribution in [0.2, 0.25) is 0 Å². The van der Waals surface area contributed by atoms with Crippen molar-refractivity contribution < 1.29 is 4.79 Å². The highest BCUT2D eigenvalue weighted by molar-refractivity contribution is 5.92. The lowest BCUT2D eigenvalue weighted by atomic mass is 10.1. The van der Waals surface area contributed by atoms with Crippen molar-refractivity contribution in [1.29, 1.82) is 0 Å². The highest BCUT2D eigenvalue weighted by Crippen LogP contribution is 2.17. The second-order valence-electron chi connectivity index (χ2n) is 5.57. The summed E-state index contributed by atoms with van der Waals surface area (Å²) in [5.41, 5.74) is 4.15. The van der Waals surface area contributed by atoms with Crippen LogP contribution in [0.5, 0.6) is 0 Å². The third-order valence-electron chi connectivity index (χ3n) is 4.12. The van der Waals surface area contributed by atoms with Gasteiger partial charge in [-0.3, -0.25) is 14.2 Å². The SMILES string of the molecule is CCn1ncc(/C=C/C(=O)NC(C)c2cnn(CC)c2C)c1C. The lowest BCUT2D eigenvalue weighted by Gasteiger charge is -2.12. The molecule has 6 heteroatoms. The molecule has 6 nitrogen and oxygen atoms in total. The van der Waals surface area contributed by atoms with Crippen LogP contribution in [-0.4, -0.2) is 25.5 Å². The Balaban J connectivity index is 2.02. The number of nitrogens with zero attached hydrogens (tertiary/aromatic N) is 4. The van der Waals surface area contributed by atoms with Gasteiger partial charge in [0.05, 0.1) is 18.4 Å². The monoisotopic (exact) mass is 315 g/mol. The Morgan fingerprint density at radius 2 is 1.78 bits per heavy atom. The number of nitrogens with one attached hydrogen (secondary N) is 1. The van der Waals surface area contributed by atoms with Crippen molar-refractivity contribution in [1.82, 2.24) is 24.9 Å². The summed E-state index contributed by atoms with van der Waals surface area (Å²) in [4.78, 5) is 12.1. The molecular formula is C17H25N5O. The number of aromatic nitrogens is 4. The van der Waals surface area contributed by atoms with E-state index in [9.17, 15) is 4.79 Å². The molecule has 2 heterocycles. The van der Waals surface area contributed by atoms with Crippen molar-refractivity contribution >= 4 is 12.0 Å². The fourth-order valence-corrected chi connectivity index (χ4v) is 2.65.